The highest BCUT2D eigenvalue weighted by molar-refractivity contribution is 6.01. The first-order valence-electron chi connectivity index (χ1n) is 11.2. The SMILES string of the molecule is CC1CN(c2ncnc3c2c(-c2cocn2)cn3-c2cc(C#N)ccn2)CCN1C(=O)C(C)(C)O. The molecule has 4 aromatic heterocycles. The van der Waals surface area contributed by atoms with E-state index in [1.807, 2.05) is 17.7 Å². The molecule has 5 rings (SSSR count). The molecule has 1 saturated heterocycles. The summed E-state index contributed by atoms with van der Waals surface area (Å²) in [5, 5.41) is 20.3. The number of anilines is 1. The van der Waals surface area contributed by atoms with E-state index in [1.54, 1.807) is 29.5 Å². The van der Waals surface area contributed by atoms with Crippen LogP contribution < -0.4 is 4.90 Å². The second kappa shape index (κ2) is 8.48. The van der Waals surface area contributed by atoms with E-state index in [2.05, 4.69) is 30.9 Å². The van der Waals surface area contributed by atoms with Crippen molar-refractivity contribution in [1.29, 1.82) is 5.26 Å². The van der Waals surface area contributed by atoms with E-state index < -0.39 is 5.60 Å². The molecular formula is C24H24N8O3. The average Bonchev–Trinajstić information content (AvgIpc) is 3.51. The quantitative estimate of drug-likeness (QED) is 0.473. The van der Waals surface area contributed by atoms with Gasteiger partial charge in [-0.05, 0) is 32.9 Å². The summed E-state index contributed by atoms with van der Waals surface area (Å²) in [6, 6.07) is 5.33. The average molecular weight is 473 g/mol. The van der Waals surface area contributed by atoms with Gasteiger partial charge in [-0.25, -0.2) is 19.9 Å². The van der Waals surface area contributed by atoms with E-state index >= 15 is 0 Å². The summed E-state index contributed by atoms with van der Waals surface area (Å²) in [5.74, 6) is 0.947. The van der Waals surface area contributed by atoms with Crippen LogP contribution in [-0.2, 0) is 4.79 Å². The molecule has 0 bridgehead atoms. The van der Waals surface area contributed by atoms with Gasteiger partial charge in [-0.15, -0.1) is 0 Å². The summed E-state index contributed by atoms with van der Waals surface area (Å²) in [4.78, 5) is 34.4. The Morgan fingerprint density at radius 2 is 2.09 bits per heavy atom. The van der Waals surface area contributed by atoms with Crippen LogP contribution in [0.15, 0.2) is 47.9 Å². The molecule has 4 aromatic rings. The number of nitrogens with zero attached hydrogens (tertiary/aromatic N) is 8. The Kier molecular flexibility index (Phi) is 5.45. The van der Waals surface area contributed by atoms with Gasteiger partial charge in [0.1, 0.15) is 35.5 Å². The van der Waals surface area contributed by atoms with E-state index in [0.717, 1.165) is 10.9 Å². The van der Waals surface area contributed by atoms with E-state index in [0.29, 0.717) is 48.2 Å². The molecule has 35 heavy (non-hydrogen) atoms. The van der Waals surface area contributed by atoms with E-state index in [-0.39, 0.29) is 11.9 Å². The summed E-state index contributed by atoms with van der Waals surface area (Å²) in [6.07, 6.45) is 7.85. The lowest BCUT2D eigenvalue weighted by molar-refractivity contribution is -0.150. The third-order valence-corrected chi connectivity index (χ3v) is 6.10. The molecule has 0 aromatic carbocycles. The van der Waals surface area contributed by atoms with Gasteiger partial charge in [0.05, 0.1) is 17.0 Å². The molecule has 0 aliphatic carbocycles. The molecule has 1 unspecified atom stereocenters. The lowest BCUT2D eigenvalue weighted by Gasteiger charge is -2.42. The monoisotopic (exact) mass is 472 g/mol. The molecule has 1 N–H and O–H groups in total. The number of carbonyl (C=O) groups excluding carboxylic acids is 1. The highest BCUT2D eigenvalue weighted by Crippen LogP contribution is 2.36. The fraction of sp³-hybridized carbons (Fsp3) is 0.333. The smallest absolute Gasteiger partial charge is 0.254 e. The van der Waals surface area contributed by atoms with Crippen LogP contribution in [0.4, 0.5) is 5.82 Å². The number of nitriles is 1. The Labute approximate surface area is 201 Å². The number of carbonyl (C=O) groups is 1. The third-order valence-electron chi connectivity index (χ3n) is 6.10. The van der Waals surface area contributed by atoms with Gasteiger partial charge < -0.3 is 19.3 Å². The van der Waals surface area contributed by atoms with Gasteiger partial charge in [0.2, 0.25) is 0 Å². The van der Waals surface area contributed by atoms with Crippen LogP contribution in [0.1, 0.15) is 26.3 Å². The summed E-state index contributed by atoms with van der Waals surface area (Å²) < 4.78 is 7.05. The van der Waals surface area contributed by atoms with E-state index in [4.69, 9.17) is 4.42 Å². The van der Waals surface area contributed by atoms with Gasteiger partial charge in [0.25, 0.3) is 5.91 Å². The molecule has 1 fully saturated rings. The zero-order chi connectivity index (χ0) is 24.7. The first-order valence-corrected chi connectivity index (χ1v) is 11.2. The standard InChI is InChI=1S/C24H24N8O3/c1-15-10-30(6-7-31(15)23(33)24(2,3)34)21-20-17(18-12-35-14-29-18)11-32(22(20)28-13-27-21)19-8-16(9-25)4-5-26-19/h4-5,8,11-15,34H,6-7,10H2,1-3H3. The number of rotatable bonds is 4. The van der Waals surface area contributed by atoms with Gasteiger partial charge in [0.15, 0.2) is 12.0 Å². The van der Waals surface area contributed by atoms with Crippen molar-refractivity contribution in [2.75, 3.05) is 24.5 Å². The van der Waals surface area contributed by atoms with Crippen molar-refractivity contribution in [3.8, 4) is 23.1 Å². The molecule has 5 heterocycles. The van der Waals surface area contributed by atoms with Crippen molar-refractivity contribution in [3.05, 3.63) is 49.1 Å². The minimum Gasteiger partial charge on any atom is -0.451 e. The Hall–Kier alpha value is -4.30. The van der Waals surface area contributed by atoms with Crippen molar-refractivity contribution >= 4 is 22.8 Å². The molecular weight excluding hydrogens is 448 g/mol. The van der Waals surface area contributed by atoms with E-state index in [1.165, 1.54) is 26.6 Å². The number of hydrogen-bond acceptors (Lipinski definition) is 9. The molecule has 178 valence electrons. The van der Waals surface area contributed by atoms with Crippen molar-refractivity contribution in [2.45, 2.75) is 32.4 Å². The summed E-state index contributed by atoms with van der Waals surface area (Å²) in [7, 11) is 0. The number of fused-ring (bicyclic) bond motifs is 1. The largest absolute Gasteiger partial charge is 0.451 e. The number of aliphatic hydroxyl groups is 1. The van der Waals surface area contributed by atoms with Crippen LogP contribution in [0.25, 0.3) is 28.1 Å². The summed E-state index contributed by atoms with van der Waals surface area (Å²) in [5.41, 5.74) is 1.04. The first kappa shape index (κ1) is 22.5. The maximum Gasteiger partial charge on any atom is 0.254 e. The van der Waals surface area contributed by atoms with Crippen LogP contribution in [0.5, 0.6) is 0 Å². The van der Waals surface area contributed by atoms with Crippen molar-refractivity contribution in [2.24, 2.45) is 0 Å². The van der Waals surface area contributed by atoms with Gasteiger partial charge in [-0.1, -0.05) is 0 Å². The maximum absolute atomic E-state index is 12.7. The lowest BCUT2D eigenvalue weighted by Crippen LogP contribution is -2.58. The zero-order valence-corrected chi connectivity index (χ0v) is 19.6. The van der Waals surface area contributed by atoms with Gasteiger partial charge in [-0.2, -0.15) is 5.26 Å². The summed E-state index contributed by atoms with van der Waals surface area (Å²) >= 11 is 0. The van der Waals surface area contributed by atoms with Crippen LogP contribution >= 0.6 is 0 Å². The fourth-order valence-corrected chi connectivity index (χ4v) is 4.42. The van der Waals surface area contributed by atoms with E-state index in [9.17, 15) is 15.2 Å². The van der Waals surface area contributed by atoms with Crippen LogP contribution in [0.2, 0.25) is 0 Å². The van der Waals surface area contributed by atoms with Crippen molar-refractivity contribution < 1.29 is 14.3 Å². The van der Waals surface area contributed by atoms with Crippen molar-refractivity contribution in [1.82, 2.24) is 29.4 Å². The predicted molar refractivity (Wildman–Crippen MR) is 127 cm³/mol. The van der Waals surface area contributed by atoms with Gasteiger partial charge in [0, 0.05) is 43.6 Å². The minimum atomic E-state index is -1.43. The highest BCUT2D eigenvalue weighted by Gasteiger charge is 2.36. The topological polar surface area (TPSA) is 137 Å². The minimum absolute atomic E-state index is 0.140. The van der Waals surface area contributed by atoms with Crippen molar-refractivity contribution in [3.63, 3.8) is 0 Å². The Bertz CT molecular complexity index is 1430. The number of piperazine rings is 1. The van der Waals surface area contributed by atoms with Crippen LogP contribution in [0.3, 0.4) is 0 Å². The maximum atomic E-state index is 12.7. The molecule has 0 spiro atoms. The third kappa shape index (κ3) is 3.98. The Morgan fingerprint density at radius 3 is 2.77 bits per heavy atom. The second-order valence-electron chi connectivity index (χ2n) is 9.05. The first-order chi connectivity index (χ1) is 16.8. The lowest BCUT2D eigenvalue weighted by atomic mass is 10.0. The molecule has 1 atom stereocenters. The molecule has 1 aliphatic rings. The number of hydrogen-bond donors (Lipinski definition) is 1. The molecule has 1 amide bonds. The normalized spacial score (nSPS) is 16.5. The fourth-order valence-electron chi connectivity index (χ4n) is 4.42. The number of aromatic nitrogens is 5. The number of pyridine rings is 1. The number of amides is 1. The highest BCUT2D eigenvalue weighted by atomic mass is 16.3. The molecule has 0 saturated carbocycles. The van der Waals surface area contributed by atoms with Gasteiger partial charge >= 0.3 is 0 Å². The predicted octanol–water partition coefficient (Wildman–Crippen LogP) is 2.15. The molecule has 0 radical (unpaired) electrons. The van der Waals surface area contributed by atoms with Crippen LogP contribution in [-0.4, -0.2) is 71.7 Å². The molecule has 1 aliphatic heterocycles. The van der Waals surface area contributed by atoms with Crippen LogP contribution in [0, 0.1) is 11.3 Å². The molecule has 11 heteroatoms. The second-order valence-corrected chi connectivity index (χ2v) is 9.05. The zero-order valence-electron chi connectivity index (χ0n) is 19.6. The van der Waals surface area contributed by atoms with Gasteiger partial charge in [-0.3, -0.25) is 9.36 Å². The Morgan fingerprint density at radius 1 is 1.26 bits per heavy atom. The Balaban J connectivity index is 1.61. The number of oxazole rings is 1. The molecule has 11 nitrogen and oxygen atoms in total. The summed E-state index contributed by atoms with van der Waals surface area (Å²) in [6.45, 7) is 6.47.